The van der Waals surface area contributed by atoms with Gasteiger partial charge in [0.15, 0.2) is 5.16 Å². The van der Waals surface area contributed by atoms with Crippen LogP contribution in [0.5, 0.6) is 0 Å². The Kier molecular flexibility index (Phi) is 10.4. The molecule has 2 aliphatic rings. The molecule has 8 nitrogen and oxygen atoms in total. The number of piperazine rings is 1. The summed E-state index contributed by atoms with van der Waals surface area (Å²) in [5.41, 5.74) is 2.82. The molecule has 3 heterocycles. The van der Waals surface area contributed by atoms with Gasteiger partial charge in [-0.25, -0.2) is 9.97 Å². The highest BCUT2D eigenvalue weighted by Gasteiger charge is 2.21. The van der Waals surface area contributed by atoms with Gasteiger partial charge in [0.2, 0.25) is 0 Å². The van der Waals surface area contributed by atoms with E-state index in [0.29, 0.717) is 28.2 Å². The Morgan fingerprint density at radius 3 is 2.40 bits per heavy atom. The van der Waals surface area contributed by atoms with Gasteiger partial charge in [-0.15, -0.1) is 0 Å². The van der Waals surface area contributed by atoms with E-state index in [1.807, 2.05) is 48.5 Å². The number of rotatable bonds is 10. The van der Waals surface area contributed by atoms with E-state index in [1.54, 1.807) is 0 Å². The number of nitrogens with zero attached hydrogens (tertiary/aromatic N) is 5. The zero-order valence-corrected chi connectivity index (χ0v) is 24.7. The number of carbonyl (C=O) groups excluding carboxylic acids is 1. The predicted octanol–water partition coefficient (Wildman–Crippen LogP) is 4.85. The molecule has 2 aliphatic heterocycles. The number of morpholine rings is 1. The molecule has 2 fully saturated rings. The van der Waals surface area contributed by atoms with Gasteiger partial charge in [0, 0.05) is 63.2 Å². The van der Waals surface area contributed by atoms with Crippen LogP contribution in [0.4, 0.5) is 11.5 Å². The van der Waals surface area contributed by atoms with Crippen LogP contribution in [-0.2, 0) is 10.5 Å². The maximum absolute atomic E-state index is 12.5. The van der Waals surface area contributed by atoms with E-state index in [0.717, 1.165) is 87.5 Å². The summed E-state index contributed by atoms with van der Waals surface area (Å²) in [5, 5.41) is 4.86. The Morgan fingerprint density at radius 1 is 0.925 bits per heavy atom. The third kappa shape index (κ3) is 8.01. The van der Waals surface area contributed by atoms with Gasteiger partial charge >= 0.3 is 0 Å². The molecule has 0 saturated carbocycles. The smallest absolute Gasteiger partial charge is 0.251 e. The number of benzene rings is 2. The molecule has 0 spiro atoms. The fourth-order valence-electron chi connectivity index (χ4n) is 4.83. The summed E-state index contributed by atoms with van der Waals surface area (Å²) in [5.74, 6) is 1.47. The second-order valence-corrected chi connectivity index (χ2v) is 11.5. The molecule has 40 heavy (non-hydrogen) atoms. The highest BCUT2D eigenvalue weighted by atomic mass is 35.5. The van der Waals surface area contributed by atoms with Gasteiger partial charge in [-0.1, -0.05) is 59.2 Å². The van der Waals surface area contributed by atoms with Crippen molar-refractivity contribution in [2.24, 2.45) is 0 Å². The molecule has 3 aromatic rings. The highest BCUT2D eigenvalue weighted by molar-refractivity contribution is 7.98. The lowest BCUT2D eigenvalue weighted by Gasteiger charge is -2.37. The van der Waals surface area contributed by atoms with Crippen LogP contribution in [-0.4, -0.2) is 86.3 Å². The van der Waals surface area contributed by atoms with Gasteiger partial charge in [0.1, 0.15) is 11.0 Å². The predicted molar refractivity (Wildman–Crippen MR) is 163 cm³/mol. The van der Waals surface area contributed by atoms with E-state index < -0.39 is 0 Å². The minimum absolute atomic E-state index is 0.0429. The fourth-order valence-corrected chi connectivity index (χ4v) is 6.12. The first kappa shape index (κ1) is 29.0. The van der Waals surface area contributed by atoms with E-state index in [9.17, 15) is 4.79 Å². The Labute approximate surface area is 250 Å². The van der Waals surface area contributed by atoms with Crippen LogP contribution in [0.1, 0.15) is 22.3 Å². The second kappa shape index (κ2) is 14.4. The Hall–Kier alpha value is -2.56. The first-order valence-electron chi connectivity index (χ1n) is 13.6. The number of nitrogens with one attached hydrogen (secondary N) is 1. The number of carbonyl (C=O) groups is 1. The third-order valence-electron chi connectivity index (χ3n) is 7.08. The van der Waals surface area contributed by atoms with Crippen molar-refractivity contribution in [3.05, 3.63) is 75.9 Å². The van der Waals surface area contributed by atoms with Gasteiger partial charge in [-0.3, -0.25) is 9.69 Å². The molecule has 212 valence electrons. The minimum Gasteiger partial charge on any atom is -0.379 e. The average molecular weight is 602 g/mol. The zero-order valence-electron chi connectivity index (χ0n) is 22.4. The van der Waals surface area contributed by atoms with Crippen molar-refractivity contribution in [1.82, 2.24) is 20.2 Å². The van der Waals surface area contributed by atoms with Crippen LogP contribution < -0.4 is 15.1 Å². The Morgan fingerprint density at radius 2 is 1.65 bits per heavy atom. The maximum Gasteiger partial charge on any atom is 0.251 e. The molecule has 2 aromatic carbocycles. The summed E-state index contributed by atoms with van der Waals surface area (Å²) in [6.07, 6.45) is 0.930. The quantitative estimate of drug-likeness (QED) is 0.153. The summed E-state index contributed by atoms with van der Waals surface area (Å²) in [6.45, 7) is 8.51. The summed E-state index contributed by atoms with van der Waals surface area (Å²) in [4.78, 5) is 28.6. The standard InChI is InChI=1S/C29H34Cl2N6O2S/c30-24-4-1-2-5-25(24)36-12-14-37(15-13-36)27-20-26(31)33-29(34-27)40-21-22-6-8-23(9-7-22)28(38)32-10-3-11-35-16-18-39-19-17-35/h1-2,4-9,20H,3,10-19,21H2,(H,32,38). The van der Waals surface area contributed by atoms with Crippen molar-refractivity contribution in [3.63, 3.8) is 0 Å². The van der Waals surface area contributed by atoms with Crippen LogP contribution in [0, 0.1) is 0 Å². The molecular formula is C29H34Cl2N6O2S. The first-order chi connectivity index (χ1) is 19.5. The van der Waals surface area contributed by atoms with E-state index in [1.165, 1.54) is 11.8 Å². The Bertz CT molecular complexity index is 1270. The normalized spacial score (nSPS) is 16.2. The number of para-hydroxylation sites is 1. The summed E-state index contributed by atoms with van der Waals surface area (Å²) >= 11 is 14.3. The van der Waals surface area contributed by atoms with Crippen molar-refractivity contribution in [1.29, 1.82) is 0 Å². The van der Waals surface area contributed by atoms with Crippen molar-refractivity contribution in [2.45, 2.75) is 17.3 Å². The van der Waals surface area contributed by atoms with E-state index in [-0.39, 0.29) is 5.91 Å². The van der Waals surface area contributed by atoms with Gasteiger partial charge in [0.05, 0.1) is 23.9 Å². The zero-order chi connectivity index (χ0) is 27.7. The number of anilines is 2. The number of thioether (sulfide) groups is 1. The number of ether oxygens (including phenoxy) is 1. The molecule has 0 unspecified atom stereocenters. The molecule has 2 saturated heterocycles. The molecule has 0 bridgehead atoms. The number of hydrogen-bond donors (Lipinski definition) is 1. The molecule has 1 amide bonds. The van der Waals surface area contributed by atoms with Crippen LogP contribution in [0.3, 0.4) is 0 Å². The highest BCUT2D eigenvalue weighted by Crippen LogP contribution is 2.29. The first-order valence-corrected chi connectivity index (χ1v) is 15.4. The van der Waals surface area contributed by atoms with E-state index >= 15 is 0 Å². The van der Waals surface area contributed by atoms with Crippen molar-refractivity contribution >= 4 is 52.4 Å². The van der Waals surface area contributed by atoms with Gasteiger partial charge in [-0.05, 0) is 42.8 Å². The monoisotopic (exact) mass is 600 g/mol. The van der Waals surface area contributed by atoms with Gasteiger partial charge < -0.3 is 19.9 Å². The maximum atomic E-state index is 12.5. The number of hydrogen-bond acceptors (Lipinski definition) is 8. The van der Waals surface area contributed by atoms with Crippen LogP contribution >= 0.6 is 35.0 Å². The van der Waals surface area contributed by atoms with Gasteiger partial charge in [0.25, 0.3) is 5.91 Å². The third-order valence-corrected chi connectivity index (χ3v) is 8.51. The summed E-state index contributed by atoms with van der Waals surface area (Å²) < 4.78 is 5.38. The van der Waals surface area contributed by atoms with Crippen LogP contribution in [0.15, 0.2) is 59.8 Å². The lowest BCUT2D eigenvalue weighted by atomic mass is 10.1. The average Bonchev–Trinajstić information content (AvgIpc) is 2.99. The lowest BCUT2D eigenvalue weighted by molar-refractivity contribution is 0.0374. The van der Waals surface area contributed by atoms with E-state index in [4.69, 9.17) is 32.9 Å². The molecule has 11 heteroatoms. The fraction of sp³-hybridized carbons (Fsp3) is 0.414. The molecule has 1 aromatic heterocycles. The lowest BCUT2D eigenvalue weighted by Crippen LogP contribution is -2.47. The number of halogens is 2. The van der Waals surface area contributed by atoms with Crippen LogP contribution in [0.2, 0.25) is 10.2 Å². The molecule has 0 aliphatic carbocycles. The van der Waals surface area contributed by atoms with Crippen LogP contribution in [0.25, 0.3) is 0 Å². The van der Waals surface area contributed by atoms with E-state index in [2.05, 4.69) is 31.1 Å². The molecule has 0 radical (unpaired) electrons. The number of amides is 1. The molecule has 1 N–H and O–H groups in total. The Balaban J connectivity index is 1.09. The molecule has 5 rings (SSSR count). The van der Waals surface area contributed by atoms with Crippen molar-refractivity contribution in [2.75, 3.05) is 75.4 Å². The largest absolute Gasteiger partial charge is 0.379 e. The SMILES string of the molecule is O=C(NCCCN1CCOCC1)c1ccc(CSc2nc(Cl)cc(N3CCN(c4ccccc4Cl)CC3)n2)cc1. The summed E-state index contributed by atoms with van der Waals surface area (Å²) in [7, 11) is 0. The van der Waals surface area contributed by atoms with Gasteiger partial charge in [-0.2, -0.15) is 0 Å². The van der Waals surface area contributed by atoms with Crippen molar-refractivity contribution < 1.29 is 9.53 Å². The van der Waals surface area contributed by atoms with Crippen molar-refractivity contribution in [3.8, 4) is 0 Å². The second-order valence-electron chi connectivity index (χ2n) is 9.81. The minimum atomic E-state index is -0.0429. The topological polar surface area (TPSA) is 73.8 Å². The number of aromatic nitrogens is 2. The summed E-state index contributed by atoms with van der Waals surface area (Å²) in [6, 6.07) is 17.5. The molecule has 0 atom stereocenters. The molecular weight excluding hydrogens is 567 g/mol.